The molecule has 1 saturated carbocycles. The maximum atomic E-state index is 13.6. The van der Waals surface area contributed by atoms with Crippen LogP contribution in [0.2, 0.25) is 0 Å². The second kappa shape index (κ2) is 4.72. The first-order valence-corrected chi connectivity index (χ1v) is 7.56. The summed E-state index contributed by atoms with van der Waals surface area (Å²) >= 11 is 0. The molecule has 0 aliphatic heterocycles. The van der Waals surface area contributed by atoms with Crippen molar-refractivity contribution in [3.05, 3.63) is 23.8 Å². The molecule has 3 N–H and O–H groups in total. The van der Waals surface area contributed by atoms with Crippen molar-refractivity contribution in [3.8, 4) is 0 Å². The van der Waals surface area contributed by atoms with E-state index in [-0.39, 0.29) is 5.69 Å². The number of rotatable bonds is 4. The molecule has 1 aliphatic carbocycles. The highest BCUT2D eigenvalue weighted by atomic mass is 32.2. The lowest BCUT2D eigenvalue weighted by molar-refractivity contribution is 0.213. The normalized spacial score (nSPS) is 18.1. The number of nitrogens with one attached hydrogen (secondary N) is 1. The molecule has 0 radical (unpaired) electrons. The van der Waals surface area contributed by atoms with Crippen LogP contribution < -0.4 is 10.5 Å². The fourth-order valence-corrected chi connectivity index (χ4v) is 3.85. The molecule has 0 saturated heterocycles. The molecule has 1 fully saturated rings. The van der Waals surface area contributed by atoms with Crippen LogP contribution in [0.15, 0.2) is 17.0 Å². The molecule has 0 spiro atoms. The lowest BCUT2D eigenvalue weighted by atomic mass is 9.76. The average Bonchev–Trinajstić information content (AvgIpc) is 2.28. The number of anilines is 1. The van der Waals surface area contributed by atoms with Gasteiger partial charge in [0.25, 0.3) is 0 Å². The quantitative estimate of drug-likeness (QED) is 0.835. The predicted molar refractivity (Wildman–Crippen MR) is 68.0 cm³/mol. The summed E-state index contributed by atoms with van der Waals surface area (Å²) in [6.07, 6.45) is 3.01. The lowest BCUT2D eigenvalue weighted by Crippen LogP contribution is -2.52. The standard InChI is InChI=1S/C12H16F2N2O2S/c1-2-12(4-3-5-12)16-19(17,18)11-7-10(15)8(13)6-9(11)14/h6-7,16H,2-5,15H2,1H3. The van der Waals surface area contributed by atoms with Gasteiger partial charge in [-0.05, 0) is 31.7 Å². The summed E-state index contributed by atoms with van der Waals surface area (Å²) in [6, 6.07) is 1.30. The van der Waals surface area contributed by atoms with Crippen LogP contribution in [-0.2, 0) is 10.0 Å². The molecule has 4 nitrogen and oxygen atoms in total. The Morgan fingerprint density at radius 2 is 1.95 bits per heavy atom. The largest absolute Gasteiger partial charge is 0.396 e. The molecule has 1 aliphatic rings. The third-order valence-electron chi connectivity index (χ3n) is 3.68. The molecule has 1 aromatic carbocycles. The molecule has 0 atom stereocenters. The number of sulfonamides is 1. The Balaban J connectivity index is 2.37. The SMILES string of the molecule is CCC1(NS(=O)(=O)c2cc(N)c(F)cc2F)CCC1. The summed E-state index contributed by atoms with van der Waals surface area (Å²) < 4.78 is 53.5. The zero-order chi connectivity index (χ0) is 14.3. The van der Waals surface area contributed by atoms with Crippen molar-refractivity contribution in [1.82, 2.24) is 4.72 Å². The zero-order valence-electron chi connectivity index (χ0n) is 10.5. The van der Waals surface area contributed by atoms with Crippen LogP contribution in [0.4, 0.5) is 14.5 Å². The molecule has 0 amide bonds. The van der Waals surface area contributed by atoms with Gasteiger partial charge in [0.1, 0.15) is 16.5 Å². The van der Waals surface area contributed by atoms with Gasteiger partial charge in [-0.25, -0.2) is 21.9 Å². The Hall–Kier alpha value is -1.21. The van der Waals surface area contributed by atoms with Crippen molar-refractivity contribution in [3.63, 3.8) is 0 Å². The number of hydrogen-bond acceptors (Lipinski definition) is 3. The summed E-state index contributed by atoms with van der Waals surface area (Å²) in [5, 5.41) is 0. The van der Waals surface area contributed by atoms with Crippen molar-refractivity contribution >= 4 is 15.7 Å². The van der Waals surface area contributed by atoms with Gasteiger partial charge in [0.2, 0.25) is 10.0 Å². The minimum absolute atomic E-state index is 0.388. The van der Waals surface area contributed by atoms with Crippen LogP contribution in [0.5, 0.6) is 0 Å². The van der Waals surface area contributed by atoms with Crippen molar-refractivity contribution in [1.29, 1.82) is 0 Å². The topological polar surface area (TPSA) is 72.2 Å². The van der Waals surface area contributed by atoms with Gasteiger partial charge in [0.05, 0.1) is 5.69 Å². The molecule has 0 aromatic heterocycles. The van der Waals surface area contributed by atoms with E-state index in [9.17, 15) is 17.2 Å². The number of benzene rings is 1. The number of nitrogens with two attached hydrogens (primary N) is 1. The van der Waals surface area contributed by atoms with Gasteiger partial charge in [-0.3, -0.25) is 0 Å². The zero-order valence-corrected chi connectivity index (χ0v) is 11.4. The summed E-state index contributed by atoms with van der Waals surface area (Å²) in [4.78, 5) is -0.605. The fourth-order valence-electron chi connectivity index (χ4n) is 2.22. The lowest BCUT2D eigenvalue weighted by Gasteiger charge is -2.41. The fraction of sp³-hybridized carbons (Fsp3) is 0.500. The van der Waals surface area contributed by atoms with Crippen molar-refractivity contribution in [2.75, 3.05) is 5.73 Å². The van der Waals surface area contributed by atoms with Gasteiger partial charge in [-0.1, -0.05) is 6.92 Å². The van der Waals surface area contributed by atoms with Gasteiger partial charge < -0.3 is 5.73 Å². The van der Waals surface area contributed by atoms with Crippen LogP contribution in [0.25, 0.3) is 0 Å². The van der Waals surface area contributed by atoms with Crippen LogP contribution in [0.3, 0.4) is 0 Å². The first kappa shape index (κ1) is 14.2. The predicted octanol–water partition coefficient (Wildman–Crippen LogP) is 2.16. The Kier molecular flexibility index (Phi) is 3.53. The smallest absolute Gasteiger partial charge is 0.244 e. The van der Waals surface area contributed by atoms with Gasteiger partial charge >= 0.3 is 0 Å². The monoisotopic (exact) mass is 290 g/mol. The number of halogens is 2. The molecule has 0 unspecified atom stereocenters. The van der Waals surface area contributed by atoms with E-state index in [2.05, 4.69) is 4.72 Å². The molecular weight excluding hydrogens is 274 g/mol. The Bertz CT molecular complexity index is 592. The summed E-state index contributed by atoms with van der Waals surface area (Å²) in [5.74, 6) is -2.10. The Morgan fingerprint density at radius 3 is 2.42 bits per heavy atom. The van der Waals surface area contributed by atoms with E-state index in [0.29, 0.717) is 12.5 Å². The Labute approximate surface area is 111 Å². The van der Waals surface area contributed by atoms with Crippen molar-refractivity contribution < 1.29 is 17.2 Å². The molecular formula is C12H16F2N2O2S. The third kappa shape index (κ3) is 2.57. The van der Waals surface area contributed by atoms with Crippen LogP contribution in [0.1, 0.15) is 32.6 Å². The highest BCUT2D eigenvalue weighted by molar-refractivity contribution is 7.89. The second-order valence-corrected chi connectivity index (χ2v) is 6.55. The van der Waals surface area contributed by atoms with Crippen LogP contribution in [0, 0.1) is 11.6 Å². The van der Waals surface area contributed by atoms with E-state index in [4.69, 9.17) is 5.73 Å². The van der Waals surface area contributed by atoms with Gasteiger partial charge in [0.15, 0.2) is 0 Å². The van der Waals surface area contributed by atoms with Crippen LogP contribution in [-0.4, -0.2) is 14.0 Å². The van der Waals surface area contributed by atoms with Gasteiger partial charge in [-0.15, -0.1) is 0 Å². The maximum absolute atomic E-state index is 13.6. The van der Waals surface area contributed by atoms with E-state index in [0.717, 1.165) is 25.3 Å². The highest BCUT2D eigenvalue weighted by Crippen LogP contribution is 2.36. The van der Waals surface area contributed by atoms with E-state index in [1.54, 1.807) is 0 Å². The van der Waals surface area contributed by atoms with E-state index >= 15 is 0 Å². The molecule has 0 bridgehead atoms. The van der Waals surface area contributed by atoms with Crippen LogP contribution >= 0.6 is 0 Å². The third-order valence-corrected chi connectivity index (χ3v) is 5.27. The molecule has 0 heterocycles. The molecule has 106 valence electrons. The Morgan fingerprint density at radius 1 is 1.32 bits per heavy atom. The maximum Gasteiger partial charge on any atom is 0.244 e. The minimum Gasteiger partial charge on any atom is -0.396 e. The molecule has 19 heavy (non-hydrogen) atoms. The molecule has 1 aromatic rings. The summed E-state index contributed by atoms with van der Waals surface area (Å²) in [5.41, 5.74) is 4.40. The number of nitrogen functional groups attached to an aromatic ring is 1. The molecule has 2 rings (SSSR count). The highest BCUT2D eigenvalue weighted by Gasteiger charge is 2.39. The average molecular weight is 290 g/mol. The summed E-state index contributed by atoms with van der Waals surface area (Å²) in [6.45, 7) is 1.87. The minimum atomic E-state index is -4.03. The first-order valence-electron chi connectivity index (χ1n) is 6.08. The van der Waals surface area contributed by atoms with Gasteiger partial charge in [-0.2, -0.15) is 0 Å². The van der Waals surface area contributed by atoms with Crippen molar-refractivity contribution in [2.24, 2.45) is 0 Å². The molecule has 7 heteroatoms. The van der Waals surface area contributed by atoms with E-state index < -0.39 is 32.1 Å². The van der Waals surface area contributed by atoms with Gasteiger partial charge in [0, 0.05) is 11.6 Å². The van der Waals surface area contributed by atoms with Crippen molar-refractivity contribution in [2.45, 2.75) is 43.0 Å². The number of hydrogen-bond donors (Lipinski definition) is 2. The van der Waals surface area contributed by atoms with E-state index in [1.807, 2.05) is 6.92 Å². The second-order valence-electron chi connectivity index (χ2n) is 4.90. The first-order chi connectivity index (χ1) is 8.80. The summed E-state index contributed by atoms with van der Waals surface area (Å²) in [7, 11) is -4.03. The van der Waals surface area contributed by atoms with E-state index in [1.165, 1.54) is 0 Å².